The van der Waals surface area contributed by atoms with Crippen molar-refractivity contribution in [1.82, 2.24) is 20.2 Å². The average Bonchev–Trinajstić information content (AvgIpc) is 3.12. The molecular weight excluding hydrogens is 278 g/mol. The molecule has 4 N–H and O–H groups in total. The van der Waals surface area contributed by atoms with Gasteiger partial charge in [0.1, 0.15) is 0 Å². The van der Waals surface area contributed by atoms with Crippen LogP contribution in [-0.2, 0) is 11.3 Å². The summed E-state index contributed by atoms with van der Waals surface area (Å²) in [7, 11) is 2.06. The van der Waals surface area contributed by atoms with Gasteiger partial charge in [0, 0.05) is 31.6 Å². The SMILES string of the molecule is CN1[C@@H](CN)CC[C@H]1CC(=O)NCc1ccc2nc[nH]c2c1. The van der Waals surface area contributed by atoms with Crippen molar-refractivity contribution in [2.45, 2.75) is 37.9 Å². The fourth-order valence-electron chi connectivity index (χ4n) is 3.20. The maximum atomic E-state index is 12.1. The molecule has 1 saturated heterocycles. The third-order valence-corrected chi connectivity index (χ3v) is 4.65. The first-order valence-corrected chi connectivity index (χ1v) is 7.78. The highest BCUT2D eigenvalue weighted by Gasteiger charge is 2.30. The van der Waals surface area contributed by atoms with Crippen LogP contribution in [0.5, 0.6) is 0 Å². The molecule has 2 aromatic rings. The van der Waals surface area contributed by atoms with Crippen LogP contribution in [0.15, 0.2) is 24.5 Å². The smallest absolute Gasteiger partial charge is 0.221 e. The quantitative estimate of drug-likeness (QED) is 0.768. The number of amides is 1. The number of imidazole rings is 1. The summed E-state index contributed by atoms with van der Waals surface area (Å²) >= 11 is 0. The molecule has 0 aliphatic carbocycles. The van der Waals surface area contributed by atoms with Crippen LogP contribution in [0.3, 0.4) is 0 Å². The predicted octanol–water partition coefficient (Wildman–Crippen LogP) is 0.991. The van der Waals surface area contributed by atoms with Gasteiger partial charge < -0.3 is 16.0 Å². The zero-order valence-electron chi connectivity index (χ0n) is 12.9. The summed E-state index contributed by atoms with van der Waals surface area (Å²) in [5.74, 6) is 0.0965. The number of benzene rings is 1. The van der Waals surface area contributed by atoms with E-state index in [4.69, 9.17) is 5.73 Å². The number of carbonyl (C=O) groups is 1. The van der Waals surface area contributed by atoms with E-state index in [9.17, 15) is 4.79 Å². The third-order valence-electron chi connectivity index (χ3n) is 4.65. The van der Waals surface area contributed by atoms with Gasteiger partial charge in [-0.25, -0.2) is 4.98 Å². The molecule has 0 radical (unpaired) electrons. The summed E-state index contributed by atoms with van der Waals surface area (Å²) < 4.78 is 0. The minimum Gasteiger partial charge on any atom is -0.352 e. The fraction of sp³-hybridized carbons (Fsp3) is 0.500. The van der Waals surface area contributed by atoms with Crippen LogP contribution in [-0.4, -0.2) is 46.5 Å². The van der Waals surface area contributed by atoms with Crippen molar-refractivity contribution in [1.29, 1.82) is 0 Å². The van der Waals surface area contributed by atoms with Crippen molar-refractivity contribution >= 4 is 16.9 Å². The van der Waals surface area contributed by atoms with Gasteiger partial charge in [0.25, 0.3) is 0 Å². The van der Waals surface area contributed by atoms with E-state index in [1.54, 1.807) is 6.33 Å². The first-order chi connectivity index (χ1) is 10.7. The molecule has 118 valence electrons. The molecule has 22 heavy (non-hydrogen) atoms. The number of carbonyl (C=O) groups excluding carboxylic acids is 1. The fourth-order valence-corrected chi connectivity index (χ4v) is 3.20. The van der Waals surface area contributed by atoms with Crippen molar-refractivity contribution in [2.75, 3.05) is 13.6 Å². The number of nitrogens with one attached hydrogen (secondary N) is 2. The number of aromatic nitrogens is 2. The number of fused-ring (bicyclic) bond motifs is 1. The van der Waals surface area contributed by atoms with Gasteiger partial charge >= 0.3 is 0 Å². The van der Waals surface area contributed by atoms with Crippen LogP contribution in [0.2, 0.25) is 0 Å². The van der Waals surface area contributed by atoms with Crippen LogP contribution < -0.4 is 11.1 Å². The van der Waals surface area contributed by atoms with Gasteiger partial charge in [0.05, 0.1) is 17.4 Å². The largest absolute Gasteiger partial charge is 0.352 e. The summed E-state index contributed by atoms with van der Waals surface area (Å²) in [6.45, 7) is 1.21. The van der Waals surface area contributed by atoms with Crippen molar-refractivity contribution in [3.8, 4) is 0 Å². The first-order valence-electron chi connectivity index (χ1n) is 7.78. The number of H-pyrrole nitrogens is 1. The normalized spacial score (nSPS) is 22.3. The van der Waals surface area contributed by atoms with Crippen molar-refractivity contribution < 1.29 is 4.79 Å². The lowest BCUT2D eigenvalue weighted by atomic mass is 10.1. The van der Waals surface area contributed by atoms with E-state index in [2.05, 4.69) is 27.2 Å². The highest BCUT2D eigenvalue weighted by Crippen LogP contribution is 2.23. The Morgan fingerprint density at radius 3 is 3.05 bits per heavy atom. The molecule has 3 rings (SSSR count). The Kier molecular flexibility index (Phi) is 4.40. The Hall–Kier alpha value is -1.92. The van der Waals surface area contributed by atoms with Gasteiger partial charge in [0.2, 0.25) is 5.91 Å². The zero-order chi connectivity index (χ0) is 15.5. The van der Waals surface area contributed by atoms with Gasteiger partial charge in [0.15, 0.2) is 0 Å². The molecule has 1 aliphatic heterocycles. The van der Waals surface area contributed by atoms with Gasteiger partial charge in [-0.3, -0.25) is 9.69 Å². The molecule has 0 saturated carbocycles. The van der Waals surface area contributed by atoms with Gasteiger partial charge in [-0.2, -0.15) is 0 Å². The van der Waals surface area contributed by atoms with Gasteiger partial charge in [-0.1, -0.05) is 6.07 Å². The Morgan fingerprint density at radius 1 is 1.45 bits per heavy atom. The van der Waals surface area contributed by atoms with Crippen molar-refractivity contribution in [2.24, 2.45) is 5.73 Å². The highest BCUT2D eigenvalue weighted by molar-refractivity contribution is 5.77. The third kappa shape index (κ3) is 3.13. The number of likely N-dealkylation sites (tertiary alicyclic amines) is 1. The van der Waals surface area contributed by atoms with Gasteiger partial charge in [-0.15, -0.1) is 0 Å². The van der Waals surface area contributed by atoms with Crippen molar-refractivity contribution in [3.05, 3.63) is 30.1 Å². The average molecular weight is 301 g/mol. The lowest BCUT2D eigenvalue weighted by molar-refractivity contribution is -0.122. The lowest BCUT2D eigenvalue weighted by Gasteiger charge is -2.24. The Morgan fingerprint density at radius 2 is 2.27 bits per heavy atom. The molecule has 2 heterocycles. The summed E-state index contributed by atoms with van der Waals surface area (Å²) in [5.41, 5.74) is 8.75. The molecule has 1 aromatic heterocycles. The second-order valence-corrected chi connectivity index (χ2v) is 6.02. The minimum absolute atomic E-state index is 0.0965. The highest BCUT2D eigenvalue weighted by atomic mass is 16.1. The van der Waals surface area contributed by atoms with Crippen LogP contribution in [0.25, 0.3) is 11.0 Å². The van der Waals surface area contributed by atoms with E-state index in [1.165, 1.54) is 0 Å². The second kappa shape index (κ2) is 6.46. The molecule has 2 atom stereocenters. The summed E-state index contributed by atoms with van der Waals surface area (Å²) in [4.78, 5) is 21.7. The number of hydrogen-bond acceptors (Lipinski definition) is 4. The number of likely N-dealkylation sites (N-methyl/N-ethyl adjacent to an activating group) is 1. The molecule has 6 nitrogen and oxygen atoms in total. The Labute approximate surface area is 130 Å². The van der Waals surface area contributed by atoms with Crippen molar-refractivity contribution in [3.63, 3.8) is 0 Å². The maximum Gasteiger partial charge on any atom is 0.221 e. The number of nitrogens with two attached hydrogens (primary N) is 1. The standard InChI is InChI=1S/C16H23N5O/c1-21-12(3-4-13(21)8-17)7-16(22)18-9-11-2-5-14-15(6-11)20-10-19-14/h2,5-6,10,12-13H,3-4,7-9,17H2,1H3,(H,18,22)(H,19,20)/t12-,13+/m0/s1. The van der Waals surface area contributed by atoms with E-state index >= 15 is 0 Å². The molecule has 1 amide bonds. The summed E-state index contributed by atoms with van der Waals surface area (Å²) in [5, 5.41) is 3.00. The van der Waals surface area contributed by atoms with Crippen LogP contribution >= 0.6 is 0 Å². The lowest BCUT2D eigenvalue weighted by Crippen LogP contribution is -2.39. The summed E-state index contributed by atoms with van der Waals surface area (Å²) in [6.07, 6.45) is 4.35. The Balaban J connectivity index is 1.52. The monoisotopic (exact) mass is 301 g/mol. The number of rotatable bonds is 5. The number of aromatic amines is 1. The molecular formula is C16H23N5O. The van der Waals surface area contributed by atoms with E-state index in [0.29, 0.717) is 31.6 Å². The van der Waals surface area contributed by atoms with Gasteiger partial charge in [-0.05, 0) is 37.6 Å². The molecule has 1 fully saturated rings. The van der Waals surface area contributed by atoms with Crippen LogP contribution in [0.4, 0.5) is 0 Å². The van der Waals surface area contributed by atoms with E-state index in [1.807, 2.05) is 18.2 Å². The minimum atomic E-state index is 0.0965. The molecule has 0 spiro atoms. The summed E-state index contributed by atoms with van der Waals surface area (Å²) in [6, 6.07) is 6.71. The molecule has 1 aliphatic rings. The van der Waals surface area contributed by atoms with E-state index < -0.39 is 0 Å². The zero-order valence-corrected chi connectivity index (χ0v) is 12.9. The molecule has 0 bridgehead atoms. The van der Waals surface area contributed by atoms with E-state index in [0.717, 1.165) is 29.4 Å². The topological polar surface area (TPSA) is 87.0 Å². The number of nitrogens with zero attached hydrogens (tertiary/aromatic N) is 2. The molecule has 1 aromatic carbocycles. The molecule has 6 heteroatoms. The predicted molar refractivity (Wildman–Crippen MR) is 86.2 cm³/mol. The number of hydrogen-bond donors (Lipinski definition) is 3. The Bertz CT molecular complexity index is 653. The van der Waals surface area contributed by atoms with E-state index in [-0.39, 0.29) is 5.91 Å². The maximum absolute atomic E-state index is 12.1. The first kappa shape index (κ1) is 15.0. The second-order valence-electron chi connectivity index (χ2n) is 6.02. The van der Waals surface area contributed by atoms with Crippen LogP contribution in [0.1, 0.15) is 24.8 Å². The molecule has 0 unspecified atom stereocenters. The van der Waals surface area contributed by atoms with Crippen LogP contribution in [0, 0.1) is 0 Å².